The summed E-state index contributed by atoms with van der Waals surface area (Å²) in [6.45, 7) is 0. The number of hydrogen-bond donors (Lipinski definition) is 1. The summed E-state index contributed by atoms with van der Waals surface area (Å²) in [5.74, 6) is 0.595. The van der Waals surface area contributed by atoms with Crippen LogP contribution in [-0.2, 0) is 0 Å². The van der Waals surface area contributed by atoms with E-state index < -0.39 is 0 Å². The number of nitrogens with zero attached hydrogens (tertiary/aromatic N) is 4. The van der Waals surface area contributed by atoms with Gasteiger partial charge in [-0.05, 0) is 18.2 Å². The van der Waals surface area contributed by atoms with Crippen LogP contribution >= 0.6 is 0 Å². The first-order chi connectivity index (χ1) is 8.76. The van der Waals surface area contributed by atoms with E-state index >= 15 is 0 Å². The zero-order valence-electron chi connectivity index (χ0n) is 9.41. The van der Waals surface area contributed by atoms with Gasteiger partial charge < -0.3 is 5.73 Å². The largest absolute Gasteiger partial charge is 0.399 e. The molecule has 86 valence electrons. The zero-order valence-corrected chi connectivity index (χ0v) is 9.41. The van der Waals surface area contributed by atoms with Gasteiger partial charge in [0.05, 0.1) is 11.6 Å². The van der Waals surface area contributed by atoms with Crippen molar-refractivity contribution in [3.8, 4) is 17.5 Å². The van der Waals surface area contributed by atoms with E-state index in [-0.39, 0.29) is 0 Å². The van der Waals surface area contributed by atoms with Crippen molar-refractivity contribution in [3.63, 3.8) is 0 Å². The van der Waals surface area contributed by atoms with Gasteiger partial charge in [0.15, 0.2) is 11.5 Å². The van der Waals surface area contributed by atoms with E-state index in [9.17, 15) is 0 Å². The van der Waals surface area contributed by atoms with Crippen molar-refractivity contribution >= 4 is 11.3 Å². The molecule has 0 fully saturated rings. The molecule has 1 aromatic carbocycles. The van der Waals surface area contributed by atoms with Gasteiger partial charge in [-0.2, -0.15) is 5.26 Å². The summed E-state index contributed by atoms with van der Waals surface area (Å²) in [7, 11) is 0. The lowest BCUT2D eigenvalue weighted by Gasteiger charge is -1.95. The second-order valence-electron chi connectivity index (χ2n) is 3.89. The molecule has 0 atom stereocenters. The maximum Gasteiger partial charge on any atom is 0.182 e. The molecule has 0 spiro atoms. The Kier molecular flexibility index (Phi) is 2.21. The molecule has 0 saturated heterocycles. The van der Waals surface area contributed by atoms with Gasteiger partial charge in [0, 0.05) is 23.5 Å². The number of pyridine rings is 1. The fourth-order valence-electron chi connectivity index (χ4n) is 1.75. The van der Waals surface area contributed by atoms with Crippen molar-refractivity contribution in [3.05, 3.63) is 48.2 Å². The molecule has 0 aliphatic rings. The van der Waals surface area contributed by atoms with Gasteiger partial charge in [0.2, 0.25) is 0 Å². The van der Waals surface area contributed by atoms with Crippen molar-refractivity contribution in [2.75, 3.05) is 5.73 Å². The summed E-state index contributed by atoms with van der Waals surface area (Å²) < 4.78 is 1.64. The molecule has 0 unspecified atom stereocenters. The lowest BCUT2D eigenvalue weighted by Crippen LogP contribution is -1.88. The van der Waals surface area contributed by atoms with Gasteiger partial charge >= 0.3 is 0 Å². The summed E-state index contributed by atoms with van der Waals surface area (Å²) in [5, 5.41) is 13.2. The predicted octanol–water partition coefficient (Wildman–Crippen LogP) is 1.85. The molecule has 5 nitrogen and oxygen atoms in total. The highest BCUT2D eigenvalue weighted by molar-refractivity contribution is 5.63. The third-order valence-electron chi connectivity index (χ3n) is 2.61. The Labute approximate surface area is 103 Å². The quantitative estimate of drug-likeness (QED) is 0.653. The Hall–Kier alpha value is -2.87. The van der Waals surface area contributed by atoms with E-state index in [1.54, 1.807) is 22.8 Å². The molecule has 2 N–H and O–H groups in total. The fourth-order valence-corrected chi connectivity index (χ4v) is 1.75. The SMILES string of the molecule is N#Cc1ccn2nc(-c3cccc(N)c3)nc2c1. The number of aromatic nitrogens is 3. The maximum absolute atomic E-state index is 8.83. The number of nitrogens with two attached hydrogens (primary N) is 1. The van der Waals surface area contributed by atoms with E-state index in [2.05, 4.69) is 16.2 Å². The number of rotatable bonds is 1. The van der Waals surface area contributed by atoms with Gasteiger partial charge in [-0.1, -0.05) is 12.1 Å². The molecule has 0 bridgehead atoms. The molecule has 5 heteroatoms. The number of fused-ring (bicyclic) bond motifs is 1. The van der Waals surface area contributed by atoms with Crippen LogP contribution < -0.4 is 5.73 Å². The first kappa shape index (κ1) is 10.3. The molecular formula is C13H9N5. The molecule has 2 heterocycles. The van der Waals surface area contributed by atoms with E-state index in [4.69, 9.17) is 11.0 Å². The van der Waals surface area contributed by atoms with E-state index in [1.807, 2.05) is 24.3 Å². The number of hydrogen-bond acceptors (Lipinski definition) is 4. The van der Waals surface area contributed by atoms with E-state index in [0.717, 1.165) is 5.56 Å². The molecule has 0 aliphatic carbocycles. The molecule has 2 aromatic heterocycles. The van der Waals surface area contributed by atoms with Crippen LogP contribution in [0.15, 0.2) is 42.6 Å². The molecule has 3 aromatic rings. The minimum atomic E-state index is 0.564. The molecule has 3 rings (SSSR count). The highest BCUT2D eigenvalue weighted by Crippen LogP contribution is 2.18. The smallest absolute Gasteiger partial charge is 0.182 e. The lowest BCUT2D eigenvalue weighted by atomic mass is 10.2. The zero-order chi connectivity index (χ0) is 12.5. The Balaban J connectivity index is 2.17. The van der Waals surface area contributed by atoms with Crippen LogP contribution in [0.25, 0.3) is 17.0 Å². The first-order valence-electron chi connectivity index (χ1n) is 5.39. The van der Waals surface area contributed by atoms with E-state index in [1.165, 1.54) is 0 Å². The second-order valence-corrected chi connectivity index (χ2v) is 3.89. The first-order valence-corrected chi connectivity index (χ1v) is 5.39. The Morgan fingerprint density at radius 2 is 2.11 bits per heavy atom. The van der Waals surface area contributed by atoms with E-state index in [0.29, 0.717) is 22.7 Å². The lowest BCUT2D eigenvalue weighted by molar-refractivity contribution is 0.964. The third-order valence-corrected chi connectivity index (χ3v) is 2.61. The third kappa shape index (κ3) is 1.66. The average molecular weight is 235 g/mol. The number of benzene rings is 1. The summed E-state index contributed by atoms with van der Waals surface area (Å²) in [6, 6.07) is 12.9. The molecule has 0 amide bonds. The molecule has 0 saturated carbocycles. The van der Waals surface area contributed by atoms with Crippen LogP contribution in [0, 0.1) is 11.3 Å². The summed E-state index contributed by atoms with van der Waals surface area (Å²) in [4.78, 5) is 4.38. The van der Waals surface area contributed by atoms with Crippen LogP contribution in [0.4, 0.5) is 5.69 Å². The minimum Gasteiger partial charge on any atom is -0.399 e. The topological polar surface area (TPSA) is 80.0 Å². The van der Waals surface area contributed by atoms with Crippen LogP contribution in [0.1, 0.15) is 5.56 Å². The van der Waals surface area contributed by atoms with Crippen molar-refractivity contribution in [1.29, 1.82) is 5.26 Å². The highest BCUT2D eigenvalue weighted by atomic mass is 15.3. The van der Waals surface area contributed by atoms with Crippen molar-refractivity contribution < 1.29 is 0 Å². The average Bonchev–Trinajstić information content (AvgIpc) is 2.81. The molecule has 0 radical (unpaired) electrons. The number of nitriles is 1. The van der Waals surface area contributed by atoms with Crippen LogP contribution in [-0.4, -0.2) is 14.6 Å². The number of anilines is 1. The van der Waals surface area contributed by atoms with Gasteiger partial charge in [-0.3, -0.25) is 0 Å². The highest BCUT2D eigenvalue weighted by Gasteiger charge is 2.06. The monoisotopic (exact) mass is 235 g/mol. The Bertz CT molecular complexity index is 766. The van der Waals surface area contributed by atoms with Gasteiger partial charge in [0.25, 0.3) is 0 Å². The van der Waals surface area contributed by atoms with Gasteiger partial charge in [-0.15, -0.1) is 5.10 Å². The van der Waals surface area contributed by atoms with Crippen molar-refractivity contribution in [2.24, 2.45) is 0 Å². The van der Waals surface area contributed by atoms with Crippen molar-refractivity contribution in [2.45, 2.75) is 0 Å². The molecular weight excluding hydrogens is 226 g/mol. The maximum atomic E-state index is 8.83. The van der Waals surface area contributed by atoms with Crippen LogP contribution in [0.2, 0.25) is 0 Å². The van der Waals surface area contributed by atoms with Crippen molar-refractivity contribution in [1.82, 2.24) is 14.6 Å². The number of nitrogen functional groups attached to an aromatic ring is 1. The fraction of sp³-hybridized carbons (Fsp3) is 0. The Morgan fingerprint density at radius 3 is 2.89 bits per heavy atom. The summed E-state index contributed by atoms with van der Waals surface area (Å²) in [6.07, 6.45) is 1.72. The standard InChI is InChI=1S/C13H9N5/c14-8-9-4-5-18-12(6-9)16-13(17-18)10-2-1-3-11(15)7-10/h1-7H,15H2. The predicted molar refractivity (Wildman–Crippen MR) is 67.6 cm³/mol. The second kappa shape index (κ2) is 3.86. The normalized spacial score (nSPS) is 10.4. The molecule has 18 heavy (non-hydrogen) atoms. The minimum absolute atomic E-state index is 0.564. The van der Waals surface area contributed by atoms with Gasteiger partial charge in [0.1, 0.15) is 0 Å². The van der Waals surface area contributed by atoms with Crippen LogP contribution in [0.5, 0.6) is 0 Å². The Morgan fingerprint density at radius 1 is 1.22 bits per heavy atom. The summed E-state index contributed by atoms with van der Waals surface area (Å²) >= 11 is 0. The van der Waals surface area contributed by atoms with Gasteiger partial charge in [-0.25, -0.2) is 9.50 Å². The molecule has 0 aliphatic heterocycles. The summed E-state index contributed by atoms with van der Waals surface area (Å²) in [5.41, 5.74) is 8.47. The van der Waals surface area contributed by atoms with Crippen LogP contribution in [0.3, 0.4) is 0 Å².